The Balaban J connectivity index is 1.62. The number of fused-ring (bicyclic) bond motifs is 10. The van der Waals surface area contributed by atoms with E-state index in [0.29, 0.717) is 5.92 Å². The van der Waals surface area contributed by atoms with Crippen molar-refractivity contribution in [3.8, 4) is 22.4 Å². The first kappa shape index (κ1) is 20.8. The van der Waals surface area contributed by atoms with Crippen molar-refractivity contribution < 1.29 is 0 Å². The highest BCUT2D eigenvalue weighted by molar-refractivity contribution is 6.07. The molecule has 0 atom stereocenters. The second-order valence-corrected chi connectivity index (χ2v) is 10.9. The van der Waals surface area contributed by atoms with Crippen LogP contribution in [0.2, 0.25) is 0 Å². The molecule has 37 heavy (non-hydrogen) atoms. The van der Waals surface area contributed by atoms with Crippen LogP contribution in [0.1, 0.15) is 41.7 Å². The predicted molar refractivity (Wildman–Crippen MR) is 152 cm³/mol. The van der Waals surface area contributed by atoms with Crippen LogP contribution in [0.3, 0.4) is 0 Å². The Morgan fingerprint density at radius 2 is 1.38 bits per heavy atom. The maximum Gasteiger partial charge on any atom is 0.0764 e. The molecule has 2 aromatic heterocycles. The van der Waals surface area contributed by atoms with Crippen molar-refractivity contribution in [2.45, 2.75) is 25.7 Å². The van der Waals surface area contributed by atoms with E-state index in [-0.39, 0.29) is 0 Å². The monoisotopic (exact) mass is 474 g/mol. The number of benzene rings is 4. The van der Waals surface area contributed by atoms with Gasteiger partial charge in [0.25, 0.3) is 0 Å². The van der Waals surface area contributed by atoms with Gasteiger partial charge in [0.1, 0.15) is 0 Å². The van der Waals surface area contributed by atoms with Crippen molar-refractivity contribution in [2.24, 2.45) is 5.92 Å². The summed E-state index contributed by atoms with van der Waals surface area (Å²) in [4.78, 5) is 10.2. The van der Waals surface area contributed by atoms with Crippen LogP contribution < -0.4 is 0 Å². The van der Waals surface area contributed by atoms with E-state index in [2.05, 4.69) is 111 Å². The van der Waals surface area contributed by atoms with Crippen LogP contribution in [-0.4, -0.2) is 9.97 Å². The number of rotatable bonds is 2. The fraction of sp³-hybridized carbons (Fsp3) is 0.143. The van der Waals surface area contributed by atoms with Gasteiger partial charge in [-0.15, -0.1) is 0 Å². The van der Waals surface area contributed by atoms with Crippen molar-refractivity contribution in [1.29, 1.82) is 0 Å². The Morgan fingerprint density at radius 3 is 2.14 bits per heavy atom. The summed E-state index contributed by atoms with van der Waals surface area (Å²) in [6.07, 6.45) is 5.14. The normalized spacial score (nSPS) is 14.2. The third-order valence-corrected chi connectivity index (χ3v) is 8.38. The zero-order valence-corrected chi connectivity index (χ0v) is 21.0. The lowest BCUT2D eigenvalue weighted by Gasteiger charge is -2.39. The fourth-order valence-corrected chi connectivity index (χ4v) is 7.04. The van der Waals surface area contributed by atoms with Gasteiger partial charge < -0.3 is 0 Å². The van der Waals surface area contributed by atoms with Crippen LogP contribution in [0, 0.1) is 5.92 Å². The molecular weight excluding hydrogens is 448 g/mol. The van der Waals surface area contributed by atoms with Gasteiger partial charge in [-0.1, -0.05) is 92.7 Å². The van der Waals surface area contributed by atoms with Crippen LogP contribution in [0.5, 0.6) is 0 Å². The summed E-state index contributed by atoms with van der Waals surface area (Å²) in [6.45, 7) is 4.58. The number of pyridine rings is 2. The van der Waals surface area contributed by atoms with Gasteiger partial charge in [-0.05, 0) is 68.8 Å². The maximum absolute atomic E-state index is 5.45. The lowest BCUT2D eigenvalue weighted by Crippen LogP contribution is -2.32. The Labute approximate surface area is 216 Å². The Morgan fingerprint density at radius 1 is 0.676 bits per heavy atom. The minimum Gasteiger partial charge on any atom is -0.264 e. The van der Waals surface area contributed by atoms with E-state index in [1.165, 1.54) is 55.3 Å². The molecule has 0 N–H and O–H groups in total. The molecule has 0 fully saturated rings. The molecule has 8 rings (SSSR count). The molecule has 0 saturated carbocycles. The highest BCUT2D eigenvalue weighted by Crippen LogP contribution is 2.61. The highest BCUT2D eigenvalue weighted by atomic mass is 14.7. The van der Waals surface area contributed by atoms with Crippen molar-refractivity contribution in [2.75, 3.05) is 0 Å². The second-order valence-electron chi connectivity index (χ2n) is 10.9. The van der Waals surface area contributed by atoms with Crippen LogP contribution in [0.15, 0.2) is 103 Å². The highest BCUT2D eigenvalue weighted by Gasteiger charge is 2.50. The van der Waals surface area contributed by atoms with Gasteiger partial charge in [-0.25, -0.2) is 4.98 Å². The zero-order valence-electron chi connectivity index (χ0n) is 21.0. The quantitative estimate of drug-likeness (QED) is 0.252. The topological polar surface area (TPSA) is 25.8 Å². The van der Waals surface area contributed by atoms with E-state index in [1.807, 2.05) is 6.20 Å². The summed E-state index contributed by atoms with van der Waals surface area (Å²) in [6, 6.07) is 33.5. The Bertz CT molecular complexity index is 1850. The van der Waals surface area contributed by atoms with Gasteiger partial charge in [0, 0.05) is 28.7 Å². The van der Waals surface area contributed by atoms with Crippen molar-refractivity contribution in [1.82, 2.24) is 9.97 Å². The number of hydrogen-bond acceptors (Lipinski definition) is 2. The van der Waals surface area contributed by atoms with Crippen molar-refractivity contribution in [3.05, 3.63) is 131 Å². The minimum absolute atomic E-state index is 0.463. The molecule has 2 aliphatic rings. The van der Waals surface area contributed by atoms with Crippen molar-refractivity contribution in [3.63, 3.8) is 0 Å². The summed E-state index contributed by atoms with van der Waals surface area (Å²) < 4.78 is 0. The van der Waals surface area contributed by atoms with Crippen LogP contribution in [0.4, 0.5) is 0 Å². The lowest BCUT2D eigenvalue weighted by molar-refractivity contribution is 0.650. The molecule has 2 aliphatic carbocycles. The number of nitrogens with zero attached hydrogens (tertiary/aromatic N) is 2. The van der Waals surface area contributed by atoms with Gasteiger partial charge in [0.15, 0.2) is 0 Å². The van der Waals surface area contributed by atoms with Crippen molar-refractivity contribution >= 4 is 21.7 Å². The van der Waals surface area contributed by atoms with Crippen LogP contribution in [0.25, 0.3) is 44.1 Å². The third kappa shape index (κ3) is 2.60. The molecule has 2 heteroatoms. The third-order valence-electron chi connectivity index (χ3n) is 8.38. The fourth-order valence-electron chi connectivity index (χ4n) is 7.04. The standard InChI is InChI=1S/C35H26N2/c1-21(2)17-22-9-8-16-32-27(22)18-30-34(37-32)26-13-7-10-23-19-36-20-31(33(23)26)35(30)28-14-5-3-11-24(28)25-12-4-6-15-29(25)35/h3-16,18-21H,17H2,1-2H3. The average Bonchev–Trinajstić information content (AvgIpc) is 3.22. The van der Waals surface area contributed by atoms with Crippen LogP contribution in [-0.2, 0) is 11.8 Å². The largest absolute Gasteiger partial charge is 0.264 e. The lowest BCUT2D eigenvalue weighted by atomic mass is 9.62. The molecule has 6 aromatic rings. The molecule has 0 unspecified atom stereocenters. The first-order valence-corrected chi connectivity index (χ1v) is 13.2. The first-order chi connectivity index (χ1) is 18.2. The van der Waals surface area contributed by atoms with Gasteiger partial charge in [0.2, 0.25) is 0 Å². The molecule has 1 spiro atoms. The van der Waals surface area contributed by atoms with E-state index >= 15 is 0 Å². The smallest absolute Gasteiger partial charge is 0.0764 e. The zero-order chi connectivity index (χ0) is 24.7. The van der Waals surface area contributed by atoms with E-state index in [4.69, 9.17) is 9.97 Å². The number of hydrogen-bond donors (Lipinski definition) is 0. The number of aromatic nitrogens is 2. The SMILES string of the molecule is CC(C)Cc1cccc2nc3c(cc12)C1(c2ccccc2-c2ccccc21)c1cncc2cccc-3c12. The molecular formula is C35H26N2. The van der Waals surface area contributed by atoms with E-state index in [9.17, 15) is 0 Å². The van der Waals surface area contributed by atoms with Gasteiger partial charge >= 0.3 is 0 Å². The average molecular weight is 475 g/mol. The molecule has 4 aromatic carbocycles. The molecule has 0 aliphatic heterocycles. The molecule has 0 bridgehead atoms. The molecule has 2 heterocycles. The summed E-state index contributed by atoms with van der Waals surface area (Å²) in [7, 11) is 0. The van der Waals surface area contributed by atoms with Gasteiger partial charge in [-0.3, -0.25) is 4.98 Å². The predicted octanol–water partition coefficient (Wildman–Crippen LogP) is 8.33. The summed E-state index contributed by atoms with van der Waals surface area (Å²) in [5, 5.41) is 3.69. The summed E-state index contributed by atoms with van der Waals surface area (Å²) >= 11 is 0. The van der Waals surface area contributed by atoms with Gasteiger partial charge in [-0.2, -0.15) is 0 Å². The Kier molecular flexibility index (Phi) is 4.15. The molecule has 0 saturated heterocycles. The minimum atomic E-state index is -0.463. The molecule has 0 amide bonds. The van der Waals surface area contributed by atoms with E-state index in [1.54, 1.807) is 0 Å². The van der Waals surface area contributed by atoms with E-state index < -0.39 is 5.41 Å². The molecule has 0 radical (unpaired) electrons. The van der Waals surface area contributed by atoms with E-state index in [0.717, 1.165) is 23.0 Å². The van der Waals surface area contributed by atoms with Gasteiger partial charge in [0.05, 0.1) is 16.6 Å². The maximum atomic E-state index is 5.45. The van der Waals surface area contributed by atoms with Crippen LogP contribution >= 0.6 is 0 Å². The summed E-state index contributed by atoms with van der Waals surface area (Å²) in [5.74, 6) is 0.571. The Hall–Kier alpha value is -4.30. The summed E-state index contributed by atoms with van der Waals surface area (Å²) in [5.41, 5.74) is 12.0. The first-order valence-electron chi connectivity index (χ1n) is 13.2. The molecule has 176 valence electrons. The second kappa shape index (κ2) is 7.36. The molecule has 2 nitrogen and oxygen atoms in total.